The van der Waals surface area contributed by atoms with Crippen LogP contribution in [0, 0.1) is 0 Å². The molecule has 0 radical (unpaired) electrons. The standard InChI is InChI=1S/C16H24N2O4S4/c1-5-21-13-17-15(7-9-23-3,11(19)25-13)16(8-10-24-4)12(20)26-14(18-16)22-6-2/h5-10H2,1-4H3. The van der Waals surface area contributed by atoms with Gasteiger partial charge in [-0.25, -0.2) is 9.98 Å². The number of aliphatic imine (C=N–C) groups is 2. The summed E-state index contributed by atoms with van der Waals surface area (Å²) in [6, 6.07) is 0. The van der Waals surface area contributed by atoms with E-state index in [-0.39, 0.29) is 10.2 Å². The van der Waals surface area contributed by atoms with E-state index >= 15 is 0 Å². The maximum Gasteiger partial charge on any atom is 0.254 e. The Balaban J connectivity index is 2.56. The van der Waals surface area contributed by atoms with Gasteiger partial charge < -0.3 is 9.47 Å². The van der Waals surface area contributed by atoms with Gasteiger partial charge in [0.25, 0.3) is 10.5 Å². The second-order valence-electron chi connectivity index (χ2n) is 5.61. The van der Waals surface area contributed by atoms with E-state index in [1.54, 1.807) is 23.5 Å². The highest BCUT2D eigenvalue weighted by Crippen LogP contribution is 2.51. The van der Waals surface area contributed by atoms with Crippen LogP contribution in [0.5, 0.6) is 0 Å². The first-order chi connectivity index (χ1) is 12.5. The third-order valence-electron chi connectivity index (χ3n) is 4.16. The third kappa shape index (κ3) is 4.07. The van der Waals surface area contributed by atoms with Crippen LogP contribution in [-0.4, -0.2) is 69.0 Å². The summed E-state index contributed by atoms with van der Waals surface area (Å²) in [5, 5.41) is 0.345. The van der Waals surface area contributed by atoms with Gasteiger partial charge in [-0.15, -0.1) is 0 Å². The molecule has 2 aliphatic rings. The molecule has 26 heavy (non-hydrogen) atoms. The lowest BCUT2D eigenvalue weighted by atomic mass is 9.75. The van der Waals surface area contributed by atoms with Gasteiger partial charge in [-0.2, -0.15) is 23.5 Å². The van der Waals surface area contributed by atoms with Crippen molar-refractivity contribution < 1.29 is 19.1 Å². The molecular weight excluding hydrogens is 412 g/mol. The van der Waals surface area contributed by atoms with E-state index < -0.39 is 11.1 Å². The first-order valence-corrected chi connectivity index (χ1v) is 12.8. The molecule has 0 saturated carbocycles. The fraction of sp³-hybridized carbons (Fsp3) is 0.750. The molecule has 0 spiro atoms. The molecule has 0 saturated heterocycles. The Morgan fingerprint density at radius 2 is 1.23 bits per heavy atom. The first-order valence-electron chi connectivity index (χ1n) is 8.37. The van der Waals surface area contributed by atoms with Crippen molar-refractivity contribution >= 4 is 67.7 Å². The molecule has 0 N–H and O–H groups in total. The minimum atomic E-state index is -1.23. The normalized spacial score (nSPS) is 28.3. The van der Waals surface area contributed by atoms with Crippen LogP contribution in [0.25, 0.3) is 0 Å². The fourth-order valence-corrected chi connectivity index (χ4v) is 5.94. The molecule has 0 aromatic carbocycles. The van der Waals surface area contributed by atoms with E-state index in [4.69, 9.17) is 9.47 Å². The number of nitrogens with zero attached hydrogens (tertiary/aromatic N) is 2. The molecule has 0 bridgehead atoms. The minimum Gasteiger partial charge on any atom is -0.473 e. The summed E-state index contributed by atoms with van der Waals surface area (Å²) < 4.78 is 11.0. The number of carbonyl (C=O) groups excluding carboxylic acids is 2. The van der Waals surface area contributed by atoms with Gasteiger partial charge in [0.05, 0.1) is 13.2 Å². The Morgan fingerprint density at radius 1 is 0.846 bits per heavy atom. The van der Waals surface area contributed by atoms with Crippen molar-refractivity contribution in [1.29, 1.82) is 0 Å². The Morgan fingerprint density at radius 3 is 1.54 bits per heavy atom. The van der Waals surface area contributed by atoms with Crippen molar-refractivity contribution in [3.8, 4) is 0 Å². The third-order valence-corrected chi connectivity index (χ3v) is 7.19. The summed E-state index contributed by atoms with van der Waals surface area (Å²) >= 11 is 5.21. The van der Waals surface area contributed by atoms with Gasteiger partial charge in [-0.1, -0.05) is 0 Å². The second kappa shape index (κ2) is 9.75. The second-order valence-corrected chi connectivity index (χ2v) is 9.43. The fourth-order valence-electron chi connectivity index (χ4n) is 2.90. The van der Waals surface area contributed by atoms with Crippen LogP contribution in [-0.2, 0) is 19.1 Å². The first kappa shape index (κ1) is 22.0. The van der Waals surface area contributed by atoms with E-state index in [0.29, 0.717) is 48.0 Å². The van der Waals surface area contributed by atoms with Crippen molar-refractivity contribution in [2.24, 2.45) is 9.98 Å². The van der Waals surface area contributed by atoms with Crippen LogP contribution < -0.4 is 0 Å². The molecule has 6 nitrogen and oxygen atoms in total. The van der Waals surface area contributed by atoms with Gasteiger partial charge in [-0.05, 0) is 50.7 Å². The number of ether oxygens (including phenoxy) is 2. The molecule has 2 aliphatic heterocycles. The topological polar surface area (TPSA) is 77.3 Å². The van der Waals surface area contributed by atoms with Crippen molar-refractivity contribution in [2.45, 2.75) is 37.8 Å². The Bertz CT molecular complexity index is 561. The van der Waals surface area contributed by atoms with Crippen LogP contribution in [0.2, 0.25) is 0 Å². The maximum absolute atomic E-state index is 13.1. The summed E-state index contributed by atoms with van der Waals surface area (Å²) in [7, 11) is 0. The van der Waals surface area contributed by atoms with Crippen molar-refractivity contribution in [3.63, 3.8) is 0 Å². The highest BCUT2D eigenvalue weighted by atomic mass is 32.2. The van der Waals surface area contributed by atoms with E-state index in [1.807, 2.05) is 26.4 Å². The quantitative estimate of drug-likeness (QED) is 0.545. The SMILES string of the molecule is CCOC1=NC(CCSC)(C2(CCSC)N=C(OCC)SC2=O)C(=O)S1. The van der Waals surface area contributed by atoms with E-state index in [2.05, 4.69) is 9.98 Å². The summed E-state index contributed by atoms with van der Waals surface area (Å²) in [6.07, 6.45) is 4.84. The molecule has 10 heteroatoms. The molecule has 2 rings (SSSR count). The Labute approximate surface area is 171 Å². The molecule has 0 aromatic heterocycles. The molecule has 0 aromatic rings. The average Bonchev–Trinajstić information content (AvgIpc) is 3.10. The summed E-state index contributed by atoms with van der Waals surface area (Å²) in [5.41, 5.74) is -2.46. The molecule has 0 amide bonds. The summed E-state index contributed by atoms with van der Waals surface area (Å²) in [6.45, 7) is 4.54. The van der Waals surface area contributed by atoms with Crippen molar-refractivity contribution in [1.82, 2.24) is 0 Å². The highest BCUT2D eigenvalue weighted by Gasteiger charge is 2.66. The maximum atomic E-state index is 13.1. The van der Waals surface area contributed by atoms with Crippen LogP contribution in [0.1, 0.15) is 26.7 Å². The van der Waals surface area contributed by atoms with Gasteiger partial charge in [0.1, 0.15) is 0 Å². The van der Waals surface area contributed by atoms with Crippen LogP contribution in [0.4, 0.5) is 0 Å². The van der Waals surface area contributed by atoms with Gasteiger partial charge in [0.2, 0.25) is 10.2 Å². The predicted molar refractivity (Wildman–Crippen MR) is 115 cm³/mol. The number of rotatable bonds is 9. The van der Waals surface area contributed by atoms with E-state index in [9.17, 15) is 9.59 Å². The molecule has 0 fully saturated rings. The van der Waals surface area contributed by atoms with E-state index in [0.717, 1.165) is 23.5 Å². The molecule has 2 heterocycles. The van der Waals surface area contributed by atoms with Gasteiger partial charge in [0.15, 0.2) is 11.1 Å². The number of carbonyl (C=O) groups is 2. The number of thioether (sulfide) groups is 4. The zero-order chi connectivity index (χ0) is 19.2. The molecule has 0 aliphatic carbocycles. The highest BCUT2D eigenvalue weighted by molar-refractivity contribution is 8.27. The zero-order valence-electron chi connectivity index (χ0n) is 15.4. The predicted octanol–water partition coefficient (Wildman–Crippen LogP) is 3.30. The molecule has 146 valence electrons. The lowest BCUT2D eigenvalue weighted by molar-refractivity contribution is -0.125. The van der Waals surface area contributed by atoms with E-state index in [1.165, 1.54) is 0 Å². The van der Waals surface area contributed by atoms with Crippen molar-refractivity contribution in [3.05, 3.63) is 0 Å². The molecule has 2 unspecified atom stereocenters. The smallest absolute Gasteiger partial charge is 0.254 e. The Hall–Kier alpha value is -0.320. The van der Waals surface area contributed by atoms with Crippen LogP contribution >= 0.6 is 47.0 Å². The number of hydrogen-bond acceptors (Lipinski definition) is 10. The number of hydrogen-bond donors (Lipinski definition) is 0. The zero-order valence-corrected chi connectivity index (χ0v) is 18.7. The monoisotopic (exact) mass is 436 g/mol. The van der Waals surface area contributed by atoms with Crippen LogP contribution in [0.3, 0.4) is 0 Å². The summed E-state index contributed by atoms with van der Waals surface area (Å²) in [5.74, 6) is 1.40. The average molecular weight is 437 g/mol. The largest absolute Gasteiger partial charge is 0.473 e. The lowest BCUT2D eigenvalue weighted by Crippen LogP contribution is -2.58. The summed E-state index contributed by atoms with van der Waals surface area (Å²) in [4.78, 5) is 35.6. The van der Waals surface area contributed by atoms with Crippen molar-refractivity contribution in [2.75, 3.05) is 37.2 Å². The van der Waals surface area contributed by atoms with Crippen LogP contribution in [0.15, 0.2) is 9.98 Å². The van der Waals surface area contributed by atoms with Gasteiger partial charge >= 0.3 is 0 Å². The molecular formula is C16H24N2O4S4. The Kier molecular flexibility index (Phi) is 8.24. The minimum absolute atomic E-state index is 0.161. The lowest BCUT2D eigenvalue weighted by Gasteiger charge is -2.37. The van der Waals surface area contributed by atoms with Gasteiger partial charge in [0, 0.05) is 23.5 Å². The van der Waals surface area contributed by atoms with Gasteiger partial charge in [-0.3, -0.25) is 9.59 Å². The molecule has 2 atom stereocenters.